The Balaban J connectivity index is 1.32. The number of phenols is 1. The van der Waals surface area contributed by atoms with Crippen molar-refractivity contribution in [2.45, 2.75) is 22.7 Å². The number of allylic oxidation sites excluding steroid dienone is 1. The molecule has 8 N–H and O–H groups in total. The molecule has 0 spiro atoms. The first kappa shape index (κ1) is 33.0. The standard InChI is InChI=1S/C27H24N8O9S3/c28-16-5-6-30-27(32-16)45-7-1-2-12-9-46-23-18(22(39)35(23)19(12)24(40)41)33-21(38)17(13-10-47-26(29)31-13)34-44-20(25(42)43)11-3-4-14(36)15(37)8-11/h1-6,8,10,18,20,23,36-37H,7,9H2,(H2,29,31)(H,33,38)(H,40,41)(H,42,43)(H2,28,30,32)/p-1/b2-1+,34-17+/t18-,20+,23-/m1/s1. The van der Waals surface area contributed by atoms with Gasteiger partial charge in [-0.3, -0.25) is 14.5 Å². The number of aromatic hydroxyl groups is 1. The van der Waals surface area contributed by atoms with E-state index in [1.54, 1.807) is 18.2 Å². The maximum atomic E-state index is 13.4. The zero-order valence-electron chi connectivity index (χ0n) is 23.7. The van der Waals surface area contributed by atoms with Crippen LogP contribution < -0.4 is 21.9 Å². The molecule has 0 bridgehead atoms. The number of β-lactam (4-membered cyclic amide) rings is 1. The van der Waals surface area contributed by atoms with Crippen LogP contribution in [-0.4, -0.2) is 87.6 Å². The number of phenolic OH excluding ortho intramolecular Hbond substituents is 1. The number of anilines is 2. The number of carboxylic acid groups (broad SMARTS) is 2. The van der Waals surface area contributed by atoms with Crippen LogP contribution in [0.2, 0.25) is 0 Å². The number of thiazole rings is 1. The number of aliphatic carboxylic acids is 2. The fourth-order valence-electron chi connectivity index (χ4n) is 4.37. The first-order valence-corrected chi connectivity index (χ1v) is 16.1. The topological polar surface area (TPSA) is 280 Å². The van der Waals surface area contributed by atoms with Gasteiger partial charge in [-0.15, -0.1) is 23.1 Å². The lowest BCUT2D eigenvalue weighted by atomic mass is 10.0. The van der Waals surface area contributed by atoms with Gasteiger partial charge in [0.05, 0.1) is 0 Å². The smallest absolute Gasteiger partial charge is 0.352 e. The molecule has 20 heteroatoms. The Morgan fingerprint density at radius 1 is 1.26 bits per heavy atom. The summed E-state index contributed by atoms with van der Waals surface area (Å²) in [5.41, 5.74) is 10.8. The predicted octanol–water partition coefficient (Wildman–Crippen LogP) is 0.510. The molecule has 1 saturated heterocycles. The summed E-state index contributed by atoms with van der Waals surface area (Å²) in [6.07, 6.45) is 2.98. The normalized spacial score (nSPS) is 18.4. The van der Waals surface area contributed by atoms with E-state index in [0.717, 1.165) is 34.4 Å². The van der Waals surface area contributed by atoms with Gasteiger partial charge < -0.3 is 42.0 Å². The van der Waals surface area contributed by atoms with Crippen LogP contribution in [0.3, 0.4) is 0 Å². The van der Waals surface area contributed by atoms with Crippen molar-refractivity contribution in [3.05, 3.63) is 70.5 Å². The van der Waals surface area contributed by atoms with Crippen LogP contribution in [0.15, 0.2) is 69.6 Å². The van der Waals surface area contributed by atoms with Gasteiger partial charge in [-0.05, 0) is 17.7 Å². The van der Waals surface area contributed by atoms with Gasteiger partial charge in [-0.1, -0.05) is 47.0 Å². The van der Waals surface area contributed by atoms with Crippen molar-refractivity contribution in [3.63, 3.8) is 0 Å². The van der Waals surface area contributed by atoms with Crippen LogP contribution in [0.4, 0.5) is 10.9 Å². The van der Waals surface area contributed by atoms with Crippen molar-refractivity contribution in [2.75, 3.05) is 23.0 Å². The quantitative estimate of drug-likeness (QED) is 0.0494. The highest BCUT2D eigenvalue weighted by molar-refractivity contribution is 8.00. The second-order valence-electron chi connectivity index (χ2n) is 9.58. The molecule has 17 nitrogen and oxygen atoms in total. The number of nitrogens with one attached hydrogen (secondary N) is 1. The van der Waals surface area contributed by atoms with E-state index in [0.29, 0.717) is 22.3 Å². The summed E-state index contributed by atoms with van der Waals surface area (Å²) in [5, 5.41) is 48.2. The second-order valence-corrected chi connectivity index (χ2v) is 12.6. The SMILES string of the molecule is Nc1ccnc(SC/C=C/C2=C(C(=O)O)N3C(=O)[C@@H](NC(=O)/C(=N/O[C@H](C(=O)O)c4ccc([O-])c(O)c4)c4csc(N)n4)[C@H]3SC2)n1. The van der Waals surface area contributed by atoms with Crippen molar-refractivity contribution in [2.24, 2.45) is 5.16 Å². The molecule has 0 aliphatic carbocycles. The summed E-state index contributed by atoms with van der Waals surface area (Å²) in [6.45, 7) is 0. The third-order valence-electron chi connectivity index (χ3n) is 6.51. The van der Waals surface area contributed by atoms with Gasteiger partial charge in [-0.2, -0.15) is 0 Å². The lowest BCUT2D eigenvalue weighted by molar-refractivity contribution is -0.270. The number of carbonyl (C=O) groups excluding carboxylic acids is 2. The highest BCUT2D eigenvalue weighted by atomic mass is 32.2. The van der Waals surface area contributed by atoms with E-state index in [1.165, 1.54) is 35.1 Å². The predicted molar refractivity (Wildman–Crippen MR) is 168 cm³/mol. The molecule has 4 heterocycles. The summed E-state index contributed by atoms with van der Waals surface area (Å²) in [5.74, 6) is -5.10. The fraction of sp³-hybridized carbons (Fsp3) is 0.185. The first-order chi connectivity index (χ1) is 22.4. The molecule has 1 fully saturated rings. The van der Waals surface area contributed by atoms with Gasteiger partial charge in [-0.25, -0.2) is 24.5 Å². The number of hydrogen-bond acceptors (Lipinski definition) is 16. The maximum Gasteiger partial charge on any atom is 0.352 e. The van der Waals surface area contributed by atoms with E-state index in [9.17, 15) is 39.6 Å². The summed E-state index contributed by atoms with van der Waals surface area (Å²) >= 11 is 3.46. The van der Waals surface area contributed by atoms with Crippen LogP contribution in [0.1, 0.15) is 17.4 Å². The van der Waals surface area contributed by atoms with Gasteiger partial charge in [0.25, 0.3) is 11.8 Å². The summed E-state index contributed by atoms with van der Waals surface area (Å²) < 4.78 is 0. The number of rotatable bonds is 12. The number of hydrogen-bond donors (Lipinski definition) is 6. The number of nitrogens with two attached hydrogens (primary N) is 2. The monoisotopic (exact) mass is 699 g/mol. The first-order valence-electron chi connectivity index (χ1n) is 13.2. The average Bonchev–Trinajstić information content (AvgIpc) is 3.46. The molecule has 244 valence electrons. The molecular weight excluding hydrogens is 677 g/mol. The number of nitrogens with zero attached hydrogens (tertiary/aromatic N) is 5. The van der Waals surface area contributed by atoms with E-state index in [4.69, 9.17) is 16.3 Å². The molecule has 0 saturated carbocycles. The van der Waals surface area contributed by atoms with Crippen LogP contribution in [0, 0.1) is 0 Å². The highest BCUT2D eigenvalue weighted by Gasteiger charge is 2.54. The fourth-order valence-corrected chi connectivity index (χ4v) is 6.88. The van der Waals surface area contributed by atoms with Crippen molar-refractivity contribution >= 4 is 75.3 Å². The van der Waals surface area contributed by atoms with E-state index in [1.807, 2.05) is 0 Å². The van der Waals surface area contributed by atoms with Crippen molar-refractivity contribution in [1.82, 2.24) is 25.2 Å². The summed E-state index contributed by atoms with van der Waals surface area (Å²) in [4.78, 5) is 69.2. The molecule has 2 aliphatic heterocycles. The summed E-state index contributed by atoms with van der Waals surface area (Å²) in [7, 11) is 0. The van der Waals surface area contributed by atoms with Gasteiger partial charge >= 0.3 is 11.9 Å². The third kappa shape index (κ3) is 7.23. The number of thioether (sulfide) groups is 2. The number of amides is 2. The Hall–Kier alpha value is -5.34. The number of carbonyl (C=O) groups is 4. The second kappa shape index (κ2) is 14.0. The van der Waals surface area contributed by atoms with E-state index < -0.39 is 58.5 Å². The lowest BCUT2D eigenvalue weighted by Gasteiger charge is -2.49. The molecule has 3 aromatic rings. The summed E-state index contributed by atoms with van der Waals surface area (Å²) in [6, 6.07) is 3.33. The van der Waals surface area contributed by atoms with Crippen LogP contribution >= 0.6 is 34.9 Å². The van der Waals surface area contributed by atoms with Gasteiger partial charge in [0.15, 0.2) is 16.0 Å². The molecule has 47 heavy (non-hydrogen) atoms. The zero-order valence-corrected chi connectivity index (χ0v) is 26.1. The zero-order chi connectivity index (χ0) is 33.8. The Kier molecular flexibility index (Phi) is 9.82. The molecule has 2 aliphatic rings. The number of carboxylic acids is 2. The van der Waals surface area contributed by atoms with E-state index in [2.05, 4.69) is 25.4 Å². The Morgan fingerprint density at radius 3 is 2.70 bits per heavy atom. The third-order valence-corrected chi connectivity index (χ3v) is 9.30. The van der Waals surface area contributed by atoms with Gasteiger partial charge in [0.1, 0.15) is 34.4 Å². The van der Waals surface area contributed by atoms with Crippen molar-refractivity contribution in [3.8, 4) is 11.5 Å². The molecule has 0 radical (unpaired) electrons. The molecule has 2 aromatic heterocycles. The minimum absolute atomic E-state index is 0.0515. The van der Waals surface area contributed by atoms with Gasteiger partial charge in [0, 0.05) is 28.6 Å². The Labute approximate surface area is 277 Å². The number of nitrogen functional groups attached to an aromatic ring is 2. The lowest BCUT2D eigenvalue weighted by Crippen LogP contribution is -2.71. The Bertz CT molecular complexity index is 1850. The van der Waals surface area contributed by atoms with Crippen molar-refractivity contribution in [1.29, 1.82) is 0 Å². The van der Waals surface area contributed by atoms with Crippen LogP contribution in [0.25, 0.3) is 0 Å². The number of fused-ring (bicyclic) bond motifs is 1. The molecule has 2 amide bonds. The number of benzene rings is 1. The molecule has 1 aromatic carbocycles. The number of oxime groups is 1. The number of aromatic nitrogens is 3. The largest absolute Gasteiger partial charge is 0.870 e. The molecule has 3 atom stereocenters. The van der Waals surface area contributed by atoms with Crippen molar-refractivity contribution < 1.29 is 44.4 Å². The molecule has 5 rings (SSSR count). The molecular formula is C27H23N8O9S3-. The minimum Gasteiger partial charge on any atom is -0.870 e. The van der Waals surface area contributed by atoms with Crippen LogP contribution in [0.5, 0.6) is 11.5 Å². The Morgan fingerprint density at radius 2 is 2.04 bits per heavy atom. The minimum atomic E-state index is -1.85. The van der Waals surface area contributed by atoms with Gasteiger partial charge in [0.2, 0.25) is 6.10 Å². The molecule has 0 unspecified atom stereocenters. The van der Waals surface area contributed by atoms with Crippen LogP contribution in [-0.2, 0) is 24.0 Å². The van der Waals surface area contributed by atoms with E-state index >= 15 is 0 Å². The average molecular weight is 700 g/mol. The van der Waals surface area contributed by atoms with E-state index in [-0.39, 0.29) is 27.8 Å². The maximum absolute atomic E-state index is 13.4. The highest BCUT2D eigenvalue weighted by Crippen LogP contribution is 2.41.